The molecule has 4 aromatic rings. The number of benzene rings is 3. The van der Waals surface area contributed by atoms with Crippen LogP contribution < -0.4 is 19.5 Å². The minimum atomic E-state index is -0.463. The molecule has 8 heteroatoms. The molecule has 0 fully saturated rings. The van der Waals surface area contributed by atoms with E-state index in [0.717, 1.165) is 11.3 Å². The Bertz CT molecular complexity index is 1260. The average molecular weight is 445 g/mol. The number of hydrogen-bond acceptors (Lipinski definition) is 7. The summed E-state index contributed by atoms with van der Waals surface area (Å²) in [6.45, 7) is 2.82. The molecule has 0 saturated heterocycles. The highest BCUT2D eigenvalue weighted by Crippen LogP contribution is 2.40. The first-order valence-electron chi connectivity index (χ1n) is 10.4. The van der Waals surface area contributed by atoms with E-state index in [1.54, 1.807) is 36.4 Å². The summed E-state index contributed by atoms with van der Waals surface area (Å²) in [5.41, 5.74) is 2.41. The number of methoxy groups -OCH3 is 1. The van der Waals surface area contributed by atoms with Gasteiger partial charge in [-0.15, -0.1) is 0 Å². The molecule has 4 rings (SSSR count). The highest BCUT2D eigenvalue weighted by molar-refractivity contribution is 5.99. The van der Waals surface area contributed by atoms with Crippen molar-refractivity contribution in [2.24, 2.45) is 0 Å². The normalized spacial score (nSPS) is 10.6. The van der Waals surface area contributed by atoms with Crippen molar-refractivity contribution in [2.45, 2.75) is 13.5 Å². The van der Waals surface area contributed by atoms with Gasteiger partial charge in [0.05, 0.1) is 24.2 Å². The number of pyridine rings is 1. The Morgan fingerprint density at radius 3 is 2.42 bits per heavy atom. The van der Waals surface area contributed by atoms with E-state index in [0.29, 0.717) is 47.0 Å². The average Bonchev–Trinajstić information content (AvgIpc) is 2.84. The number of nitrogens with one attached hydrogen (secondary N) is 1. The number of ether oxygens (including phenoxy) is 3. The van der Waals surface area contributed by atoms with E-state index in [9.17, 15) is 10.1 Å². The van der Waals surface area contributed by atoms with Crippen LogP contribution in [0, 0.1) is 10.1 Å². The first kappa shape index (κ1) is 21.9. The fraction of sp³-hybridized carbons (Fsp3) is 0.160. The SMILES string of the molecule is CCOc1ccc(Nc2c([N+](=O)[O-])cnc3cc(OCc4ccccc4)c(OC)cc23)cc1. The lowest BCUT2D eigenvalue weighted by Crippen LogP contribution is -2.02. The molecule has 1 heterocycles. The summed E-state index contributed by atoms with van der Waals surface area (Å²) in [6, 6.07) is 20.4. The van der Waals surface area contributed by atoms with Crippen LogP contribution in [0.1, 0.15) is 12.5 Å². The van der Waals surface area contributed by atoms with Crippen LogP contribution in [0.3, 0.4) is 0 Å². The van der Waals surface area contributed by atoms with Gasteiger partial charge in [0, 0.05) is 17.1 Å². The number of anilines is 2. The van der Waals surface area contributed by atoms with Crippen LogP contribution in [0.5, 0.6) is 17.2 Å². The molecule has 1 aromatic heterocycles. The van der Waals surface area contributed by atoms with E-state index in [2.05, 4.69) is 10.3 Å². The molecule has 0 aliphatic carbocycles. The molecule has 168 valence electrons. The highest BCUT2D eigenvalue weighted by atomic mass is 16.6. The molecule has 0 aliphatic heterocycles. The van der Waals surface area contributed by atoms with Gasteiger partial charge in [0.1, 0.15) is 24.2 Å². The highest BCUT2D eigenvalue weighted by Gasteiger charge is 2.21. The Hall–Kier alpha value is -4.33. The van der Waals surface area contributed by atoms with Crippen LogP contribution in [-0.4, -0.2) is 23.6 Å². The topological polar surface area (TPSA) is 95.8 Å². The van der Waals surface area contributed by atoms with E-state index >= 15 is 0 Å². The third-order valence-corrected chi connectivity index (χ3v) is 5.00. The van der Waals surface area contributed by atoms with Crippen molar-refractivity contribution >= 4 is 28.0 Å². The largest absolute Gasteiger partial charge is 0.494 e. The molecule has 1 N–H and O–H groups in total. The van der Waals surface area contributed by atoms with Gasteiger partial charge in [0.15, 0.2) is 11.5 Å². The predicted octanol–water partition coefficient (Wildman–Crippen LogP) is 5.87. The molecule has 0 atom stereocenters. The van der Waals surface area contributed by atoms with Crippen LogP contribution >= 0.6 is 0 Å². The summed E-state index contributed by atoms with van der Waals surface area (Å²) in [5.74, 6) is 1.68. The van der Waals surface area contributed by atoms with Gasteiger partial charge in [-0.3, -0.25) is 10.1 Å². The Kier molecular flexibility index (Phi) is 6.54. The third-order valence-electron chi connectivity index (χ3n) is 5.00. The lowest BCUT2D eigenvalue weighted by atomic mass is 10.1. The standard InChI is InChI=1S/C25H23N3O5/c1-3-32-19-11-9-18(10-12-19)27-25-20-13-23(31-2)24(33-16-17-7-5-4-6-8-17)14-21(20)26-15-22(25)28(29)30/h4-15H,3,16H2,1-2H3,(H,26,27). The minimum absolute atomic E-state index is 0.142. The summed E-state index contributed by atoms with van der Waals surface area (Å²) in [4.78, 5) is 15.6. The maximum absolute atomic E-state index is 11.7. The maximum atomic E-state index is 11.7. The zero-order valence-corrected chi connectivity index (χ0v) is 18.3. The fourth-order valence-corrected chi connectivity index (χ4v) is 3.41. The Morgan fingerprint density at radius 2 is 1.76 bits per heavy atom. The van der Waals surface area contributed by atoms with Gasteiger partial charge in [0.25, 0.3) is 0 Å². The Labute approximate surface area is 190 Å². The maximum Gasteiger partial charge on any atom is 0.311 e. The quantitative estimate of drug-likeness (QED) is 0.254. The summed E-state index contributed by atoms with van der Waals surface area (Å²) in [7, 11) is 1.53. The molecule has 0 radical (unpaired) electrons. The van der Waals surface area contributed by atoms with E-state index in [4.69, 9.17) is 14.2 Å². The second-order valence-corrected chi connectivity index (χ2v) is 7.15. The first-order chi connectivity index (χ1) is 16.1. The lowest BCUT2D eigenvalue weighted by Gasteiger charge is -2.15. The number of nitro groups is 1. The van der Waals surface area contributed by atoms with Gasteiger partial charge in [-0.05, 0) is 42.8 Å². The molecule has 0 saturated carbocycles. The molecule has 0 amide bonds. The third kappa shape index (κ3) is 4.95. The van der Waals surface area contributed by atoms with Crippen LogP contribution in [0.4, 0.5) is 17.1 Å². The molecule has 3 aromatic carbocycles. The lowest BCUT2D eigenvalue weighted by molar-refractivity contribution is -0.384. The summed E-state index contributed by atoms with van der Waals surface area (Å²) in [5, 5.41) is 15.4. The smallest absolute Gasteiger partial charge is 0.311 e. The van der Waals surface area contributed by atoms with Crippen molar-refractivity contribution < 1.29 is 19.1 Å². The summed E-state index contributed by atoms with van der Waals surface area (Å²) >= 11 is 0. The number of fused-ring (bicyclic) bond motifs is 1. The predicted molar refractivity (Wildman–Crippen MR) is 127 cm³/mol. The van der Waals surface area contributed by atoms with Crippen molar-refractivity contribution in [3.05, 3.63) is 88.6 Å². The van der Waals surface area contributed by atoms with Gasteiger partial charge in [-0.1, -0.05) is 30.3 Å². The van der Waals surface area contributed by atoms with Crippen molar-refractivity contribution in [3.8, 4) is 17.2 Å². The van der Waals surface area contributed by atoms with Crippen LogP contribution in [-0.2, 0) is 6.61 Å². The van der Waals surface area contributed by atoms with Crippen molar-refractivity contribution in [2.75, 3.05) is 19.0 Å². The van der Waals surface area contributed by atoms with Crippen molar-refractivity contribution in [3.63, 3.8) is 0 Å². The van der Waals surface area contributed by atoms with E-state index < -0.39 is 4.92 Å². The second-order valence-electron chi connectivity index (χ2n) is 7.15. The molecular formula is C25H23N3O5. The van der Waals surface area contributed by atoms with Crippen molar-refractivity contribution in [1.82, 2.24) is 4.98 Å². The second kappa shape index (κ2) is 9.86. The zero-order valence-electron chi connectivity index (χ0n) is 18.3. The van der Waals surface area contributed by atoms with Gasteiger partial charge >= 0.3 is 5.69 Å². The summed E-state index contributed by atoms with van der Waals surface area (Å²) in [6.07, 6.45) is 1.24. The van der Waals surface area contributed by atoms with Crippen molar-refractivity contribution in [1.29, 1.82) is 0 Å². The first-order valence-corrected chi connectivity index (χ1v) is 10.4. The van der Waals surface area contributed by atoms with Crippen LogP contribution in [0.25, 0.3) is 10.9 Å². The number of rotatable bonds is 9. The summed E-state index contributed by atoms with van der Waals surface area (Å²) < 4.78 is 16.9. The Balaban J connectivity index is 1.72. The van der Waals surface area contributed by atoms with Crippen LogP contribution in [0.15, 0.2) is 72.9 Å². The van der Waals surface area contributed by atoms with E-state index in [-0.39, 0.29) is 5.69 Å². The molecular weight excluding hydrogens is 422 g/mol. The zero-order chi connectivity index (χ0) is 23.2. The Morgan fingerprint density at radius 1 is 1.00 bits per heavy atom. The number of hydrogen-bond donors (Lipinski definition) is 1. The molecule has 0 bridgehead atoms. The molecule has 0 unspecified atom stereocenters. The fourth-order valence-electron chi connectivity index (χ4n) is 3.41. The van der Waals surface area contributed by atoms with Gasteiger partial charge in [-0.2, -0.15) is 0 Å². The van der Waals surface area contributed by atoms with E-state index in [1.165, 1.54) is 13.3 Å². The van der Waals surface area contributed by atoms with Crippen LogP contribution in [0.2, 0.25) is 0 Å². The van der Waals surface area contributed by atoms with Gasteiger partial charge in [0.2, 0.25) is 0 Å². The minimum Gasteiger partial charge on any atom is -0.494 e. The van der Waals surface area contributed by atoms with Gasteiger partial charge < -0.3 is 19.5 Å². The molecule has 8 nitrogen and oxygen atoms in total. The molecule has 33 heavy (non-hydrogen) atoms. The molecule has 0 spiro atoms. The monoisotopic (exact) mass is 445 g/mol. The number of nitrogens with zero attached hydrogens (tertiary/aromatic N) is 2. The van der Waals surface area contributed by atoms with E-state index in [1.807, 2.05) is 37.3 Å². The number of aromatic nitrogens is 1. The van der Waals surface area contributed by atoms with Gasteiger partial charge in [-0.25, -0.2) is 4.98 Å². The molecule has 0 aliphatic rings.